The van der Waals surface area contributed by atoms with Crippen LogP contribution in [0.2, 0.25) is 0 Å². The van der Waals surface area contributed by atoms with Gasteiger partial charge in [0.1, 0.15) is 17.7 Å². The summed E-state index contributed by atoms with van der Waals surface area (Å²) in [6.45, 7) is 12.3. The van der Waals surface area contributed by atoms with Gasteiger partial charge in [-0.3, -0.25) is 14.4 Å². The van der Waals surface area contributed by atoms with Crippen molar-refractivity contribution in [3.05, 3.63) is 60.3 Å². The number of amides is 1. The summed E-state index contributed by atoms with van der Waals surface area (Å²) in [6, 6.07) is 5.69. The molecule has 48 heavy (non-hydrogen) atoms. The molecule has 3 aliphatic rings. The van der Waals surface area contributed by atoms with Crippen molar-refractivity contribution in [2.75, 3.05) is 13.2 Å². The van der Waals surface area contributed by atoms with Crippen molar-refractivity contribution in [1.82, 2.24) is 10.3 Å². The lowest BCUT2D eigenvalue weighted by atomic mass is 9.88. The average Bonchev–Trinajstić information content (AvgIpc) is 3.78. The molecular formula is C36H50N2O8S2. The van der Waals surface area contributed by atoms with E-state index in [-0.39, 0.29) is 71.5 Å². The molecule has 0 unspecified atom stereocenters. The van der Waals surface area contributed by atoms with Crippen molar-refractivity contribution >= 4 is 39.4 Å². The number of aromatic nitrogens is 1. The topological polar surface area (TPSA) is 126 Å². The predicted molar refractivity (Wildman–Crippen MR) is 187 cm³/mol. The molecular weight excluding hydrogens is 653 g/mol. The number of carbonyl (C=O) groups excluding carboxylic acids is 3. The first-order chi connectivity index (χ1) is 22.9. The average molecular weight is 703 g/mol. The third-order valence-electron chi connectivity index (χ3n) is 8.56. The van der Waals surface area contributed by atoms with Gasteiger partial charge in [0.2, 0.25) is 5.91 Å². The molecule has 0 aliphatic carbocycles. The van der Waals surface area contributed by atoms with Gasteiger partial charge in [-0.05, 0) is 75.5 Å². The highest BCUT2D eigenvalue weighted by atomic mass is 33.1. The summed E-state index contributed by atoms with van der Waals surface area (Å²) in [5.41, 5.74) is 0.897. The highest BCUT2D eigenvalue weighted by Gasteiger charge is 2.51. The van der Waals surface area contributed by atoms with Crippen LogP contribution in [-0.4, -0.2) is 83.5 Å². The summed E-state index contributed by atoms with van der Waals surface area (Å²) in [4.78, 5) is 40.5. The van der Waals surface area contributed by atoms with Gasteiger partial charge in [0.25, 0.3) is 0 Å². The zero-order chi connectivity index (χ0) is 34.7. The highest BCUT2D eigenvalue weighted by molar-refractivity contribution is 8.76. The van der Waals surface area contributed by atoms with Crippen LogP contribution in [0.1, 0.15) is 73.6 Å². The van der Waals surface area contributed by atoms with Crippen molar-refractivity contribution in [3.63, 3.8) is 0 Å². The number of rotatable bonds is 15. The number of nitrogens with zero attached hydrogens (tertiary/aromatic N) is 1. The van der Waals surface area contributed by atoms with Gasteiger partial charge < -0.3 is 29.0 Å². The minimum Gasteiger partial charge on any atom is -0.464 e. The molecule has 0 bridgehead atoms. The van der Waals surface area contributed by atoms with Crippen LogP contribution in [0.4, 0.5) is 0 Å². The van der Waals surface area contributed by atoms with Crippen LogP contribution < -0.4 is 5.32 Å². The number of ether oxygens (including phenoxy) is 5. The second-order valence-corrected chi connectivity index (χ2v) is 15.8. The first-order valence-corrected chi connectivity index (χ1v) is 19.0. The maximum atomic E-state index is 12.7. The Bertz CT molecular complexity index is 1320. The van der Waals surface area contributed by atoms with E-state index in [2.05, 4.69) is 42.4 Å². The molecule has 12 heteroatoms. The van der Waals surface area contributed by atoms with Gasteiger partial charge in [0.05, 0.1) is 49.1 Å². The van der Waals surface area contributed by atoms with Crippen molar-refractivity contribution in [1.29, 1.82) is 0 Å². The SMILES string of the molecule is CC(=O)O[C@@H](C)/C=C\C(=O)N[C@@H]1C[C@H](C)[C@H](C/C=C(C)/C=C/[C@@H]2C[C@]3(CO3)C[C@@H](CC(=O)OC[C@@H](C)SSc3ccccn3)O2)O[C@@H]1C. The Kier molecular flexibility index (Phi) is 14.6. The molecule has 4 rings (SSSR count). The van der Waals surface area contributed by atoms with Gasteiger partial charge >= 0.3 is 11.9 Å². The van der Waals surface area contributed by atoms with E-state index in [0.29, 0.717) is 19.6 Å². The van der Waals surface area contributed by atoms with Gasteiger partial charge in [-0.2, -0.15) is 0 Å². The molecule has 1 aromatic heterocycles. The molecule has 1 amide bonds. The molecule has 1 aromatic rings. The monoisotopic (exact) mass is 702 g/mol. The Morgan fingerprint density at radius 3 is 2.65 bits per heavy atom. The minimum absolute atomic E-state index is 0.0372. The lowest BCUT2D eigenvalue weighted by Crippen LogP contribution is -2.50. The Morgan fingerprint density at radius 2 is 1.94 bits per heavy atom. The molecule has 10 nitrogen and oxygen atoms in total. The Hall–Kier alpha value is -2.64. The van der Waals surface area contributed by atoms with E-state index in [1.54, 1.807) is 40.8 Å². The van der Waals surface area contributed by atoms with Gasteiger partial charge in [0, 0.05) is 37.3 Å². The van der Waals surface area contributed by atoms with Crippen LogP contribution in [0.3, 0.4) is 0 Å². The fourth-order valence-electron chi connectivity index (χ4n) is 5.89. The predicted octanol–water partition coefficient (Wildman–Crippen LogP) is 6.16. The summed E-state index contributed by atoms with van der Waals surface area (Å²) in [7, 11) is 3.21. The standard InChI is InChI=1S/C36H50N2O8S2/c1-23(11-14-32-24(2)17-31(27(5)45-32)38-33(40)15-12-25(3)44-28(6)39)10-13-29-19-36(22-43-36)20-30(46-29)18-35(41)42-21-26(4)47-48-34-9-7-8-16-37-34/h7-13,15-16,24-27,29-32H,14,17-22H2,1-6H3,(H,38,40)/b13-10+,15-12-,23-11+/t24-,25-,26+,27+,29+,30+,31+,32-,36+/m0/s1. The van der Waals surface area contributed by atoms with Crippen molar-refractivity contribution in [3.8, 4) is 0 Å². The van der Waals surface area contributed by atoms with E-state index in [0.717, 1.165) is 29.9 Å². The number of pyridine rings is 1. The number of carbonyl (C=O) groups is 3. The molecule has 0 aromatic carbocycles. The van der Waals surface area contributed by atoms with E-state index < -0.39 is 6.10 Å². The summed E-state index contributed by atoms with van der Waals surface area (Å²) in [5, 5.41) is 4.08. The number of allylic oxidation sites excluding steroid dienone is 2. The first kappa shape index (κ1) is 38.2. The normalized spacial score (nSPS) is 30.2. The molecule has 4 heterocycles. The molecule has 1 spiro atoms. The third-order valence-corrected chi connectivity index (χ3v) is 11.3. The number of hydrogen-bond acceptors (Lipinski definition) is 11. The van der Waals surface area contributed by atoms with Crippen LogP contribution >= 0.6 is 21.6 Å². The quantitative estimate of drug-likeness (QED) is 0.0743. The van der Waals surface area contributed by atoms with Gasteiger partial charge in [-0.15, -0.1) is 0 Å². The first-order valence-electron chi connectivity index (χ1n) is 16.8. The van der Waals surface area contributed by atoms with Crippen molar-refractivity contribution in [2.24, 2.45) is 5.92 Å². The highest BCUT2D eigenvalue weighted by Crippen LogP contribution is 2.43. The number of hydrogen-bond donors (Lipinski definition) is 1. The van der Waals surface area contributed by atoms with E-state index >= 15 is 0 Å². The number of nitrogens with one attached hydrogen (secondary N) is 1. The summed E-state index contributed by atoms with van der Waals surface area (Å²) in [5.74, 6) is -0.626. The molecule has 9 atom stereocenters. The van der Waals surface area contributed by atoms with Gasteiger partial charge in [-0.1, -0.05) is 47.6 Å². The molecule has 0 saturated carbocycles. The van der Waals surface area contributed by atoms with Crippen LogP contribution in [0.15, 0.2) is 65.4 Å². The van der Waals surface area contributed by atoms with E-state index in [1.165, 1.54) is 13.0 Å². The Morgan fingerprint density at radius 1 is 1.15 bits per heavy atom. The number of esters is 2. The van der Waals surface area contributed by atoms with Crippen LogP contribution in [0.5, 0.6) is 0 Å². The molecule has 3 saturated heterocycles. The maximum Gasteiger partial charge on any atom is 0.308 e. The maximum absolute atomic E-state index is 12.7. The zero-order valence-electron chi connectivity index (χ0n) is 28.8. The molecule has 1 N–H and O–H groups in total. The molecule has 264 valence electrons. The van der Waals surface area contributed by atoms with E-state index in [1.807, 2.05) is 32.0 Å². The third kappa shape index (κ3) is 13.0. The number of epoxide rings is 1. The van der Waals surface area contributed by atoms with Crippen molar-refractivity contribution < 1.29 is 38.1 Å². The lowest BCUT2D eigenvalue weighted by Gasteiger charge is -2.39. The zero-order valence-corrected chi connectivity index (χ0v) is 30.4. The fraction of sp³-hybridized carbons (Fsp3) is 0.611. The summed E-state index contributed by atoms with van der Waals surface area (Å²) < 4.78 is 29.1. The Balaban J connectivity index is 1.19. The van der Waals surface area contributed by atoms with E-state index in [9.17, 15) is 14.4 Å². The molecule has 0 radical (unpaired) electrons. The second-order valence-electron chi connectivity index (χ2n) is 13.1. The Labute approximate surface area is 292 Å². The van der Waals surface area contributed by atoms with Crippen LogP contribution in [-0.2, 0) is 38.1 Å². The summed E-state index contributed by atoms with van der Waals surface area (Å²) >= 11 is 0. The molecule has 3 aliphatic heterocycles. The van der Waals surface area contributed by atoms with Crippen LogP contribution in [0.25, 0.3) is 0 Å². The molecule has 3 fully saturated rings. The van der Waals surface area contributed by atoms with Gasteiger partial charge in [0.15, 0.2) is 0 Å². The minimum atomic E-state index is -0.467. The van der Waals surface area contributed by atoms with Gasteiger partial charge in [-0.25, -0.2) is 4.98 Å². The van der Waals surface area contributed by atoms with Crippen molar-refractivity contribution in [2.45, 2.75) is 126 Å². The lowest BCUT2D eigenvalue weighted by molar-refractivity contribution is -0.150. The van der Waals surface area contributed by atoms with E-state index in [4.69, 9.17) is 23.7 Å². The smallest absolute Gasteiger partial charge is 0.308 e. The fourth-order valence-corrected chi connectivity index (χ4v) is 7.76. The largest absolute Gasteiger partial charge is 0.464 e. The summed E-state index contributed by atoms with van der Waals surface area (Å²) in [6.07, 6.45) is 13.3. The second kappa shape index (κ2) is 18.4. The van der Waals surface area contributed by atoms with Crippen LogP contribution in [0, 0.1) is 5.92 Å².